The van der Waals surface area contributed by atoms with Crippen molar-refractivity contribution in [1.82, 2.24) is 19.8 Å². The third kappa shape index (κ3) is 4.47. The summed E-state index contributed by atoms with van der Waals surface area (Å²) < 4.78 is 5.64. The summed E-state index contributed by atoms with van der Waals surface area (Å²) in [6, 6.07) is 8.62. The molecule has 9 nitrogen and oxygen atoms in total. The summed E-state index contributed by atoms with van der Waals surface area (Å²) in [5, 5.41) is 0. The highest BCUT2D eigenvalue weighted by Crippen LogP contribution is 2.41. The number of fused-ring (bicyclic) bond motifs is 1. The number of carbonyl (C=O) groups is 2. The normalized spacial score (nSPS) is 19.9. The van der Waals surface area contributed by atoms with Gasteiger partial charge in [-0.2, -0.15) is 4.98 Å². The van der Waals surface area contributed by atoms with Crippen LogP contribution in [0.4, 0.5) is 11.8 Å². The lowest BCUT2D eigenvalue weighted by atomic mass is 10.0. The van der Waals surface area contributed by atoms with Gasteiger partial charge in [-0.25, -0.2) is 4.98 Å². The number of carbonyl (C=O) groups excluding carboxylic acids is 2. The Morgan fingerprint density at radius 3 is 2.44 bits per heavy atom. The van der Waals surface area contributed by atoms with Crippen molar-refractivity contribution in [2.24, 2.45) is 0 Å². The number of hydrogen-bond acceptors (Lipinski definition) is 7. The highest BCUT2D eigenvalue weighted by molar-refractivity contribution is 5.98. The third-order valence-corrected chi connectivity index (χ3v) is 7.50. The molecule has 0 aliphatic carbocycles. The average molecular weight is 493 g/mol. The quantitative estimate of drug-likeness (QED) is 0.612. The van der Waals surface area contributed by atoms with Crippen molar-refractivity contribution < 1.29 is 14.3 Å². The molecule has 5 rings (SSSR count). The maximum absolute atomic E-state index is 13.4. The summed E-state index contributed by atoms with van der Waals surface area (Å²) in [4.78, 5) is 43.3. The highest BCUT2D eigenvalue weighted by atomic mass is 16.5. The van der Waals surface area contributed by atoms with Crippen molar-refractivity contribution in [3.63, 3.8) is 0 Å². The minimum absolute atomic E-state index is 0.0240. The van der Waals surface area contributed by atoms with Gasteiger partial charge >= 0.3 is 0 Å². The van der Waals surface area contributed by atoms with E-state index in [4.69, 9.17) is 14.7 Å². The summed E-state index contributed by atoms with van der Waals surface area (Å²) >= 11 is 0. The van der Waals surface area contributed by atoms with Gasteiger partial charge in [0.05, 0.1) is 19.2 Å². The molecule has 1 aromatic carbocycles. The lowest BCUT2D eigenvalue weighted by Gasteiger charge is -2.35. The first kappa shape index (κ1) is 24.3. The van der Waals surface area contributed by atoms with E-state index < -0.39 is 0 Å². The zero-order valence-electron chi connectivity index (χ0n) is 21.7. The fourth-order valence-electron chi connectivity index (χ4n) is 5.50. The first-order chi connectivity index (χ1) is 17.4. The molecule has 0 spiro atoms. The van der Waals surface area contributed by atoms with Gasteiger partial charge in [-0.1, -0.05) is 12.1 Å². The Balaban J connectivity index is 1.50. The van der Waals surface area contributed by atoms with E-state index in [9.17, 15) is 9.59 Å². The number of rotatable bonds is 6. The number of piperazine rings is 1. The number of benzene rings is 1. The molecule has 2 aromatic rings. The summed E-state index contributed by atoms with van der Waals surface area (Å²) in [5.74, 6) is 2.39. The summed E-state index contributed by atoms with van der Waals surface area (Å²) in [6.07, 6.45) is 2.09. The van der Waals surface area contributed by atoms with E-state index in [-0.39, 0.29) is 23.9 Å². The predicted molar refractivity (Wildman–Crippen MR) is 138 cm³/mol. The number of nitrogens with zero attached hydrogens (tertiary/aromatic N) is 6. The minimum atomic E-state index is -0.0240. The molecule has 2 fully saturated rings. The van der Waals surface area contributed by atoms with Crippen molar-refractivity contribution >= 4 is 23.6 Å². The van der Waals surface area contributed by atoms with Gasteiger partial charge < -0.3 is 24.3 Å². The Labute approximate surface area is 213 Å². The van der Waals surface area contributed by atoms with Crippen LogP contribution in [0.2, 0.25) is 0 Å². The molecule has 3 aliphatic heterocycles. The van der Waals surface area contributed by atoms with Gasteiger partial charge in [0, 0.05) is 51.3 Å². The molecule has 0 bridgehead atoms. The van der Waals surface area contributed by atoms with Crippen LogP contribution in [0.25, 0.3) is 0 Å². The standard InChI is InChI=1S/C27H36N6O3/c1-5-36-21-10-8-20(9-11-21)23-7-6-12-32(23)25-22-17-33(18(2)3)26(35)24(22)28-27(29-25)31-15-13-30(14-16-31)19(4)34/h8-11,18,23H,5-7,12-17H2,1-4H3. The third-order valence-electron chi connectivity index (χ3n) is 7.50. The predicted octanol–water partition coefficient (Wildman–Crippen LogP) is 3.25. The molecule has 2 saturated heterocycles. The van der Waals surface area contributed by atoms with Crippen LogP contribution in [0.15, 0.2) is 24.3 Å². The SMILES string of the molecule is CCOc1ccc(C2CCCN2c2nc(N3CCN(C(C)=O)CC3)nc3c2CN(C(C)C)C3=O)cc1. The molecule has 1 atom stereocenters. The largest absolute Gasteiger partial charge is 0.494 e. The molecule has 36 heavy (non-hydrogen) atoms. The summed E-state index contributed by atoms with van der Waals surface area (Å²) in [6.45, 7) is 12.3. The molecule has 0 N–H and O–H groups in total. The van der Waals surface area contributed by atoms with Crippen LogP contribution in [0.3, 0.4) is 0 Å². The second-order valence-electron chi connectivity index (χ2n) is 10.0. The Bertz CT molecular complexity index is 1130. The lowest BCUT2D eigenvalue weighted by molar-refractivity contribution is -0.129. The monoisotopic (exact) mass is 492 g/mol. The van der Waals surface area contributed by atoms with Gasteiger partial charge in [0.2, 0.25) is 11.9 Å². The first-order valence-corrected chi connectivity index (χ1v) is 13.1. The van der Waals surface area contributed by atoms with Gasteiger partial charge in [0.1, 0.15) is 17.3 Å². The van der Waals surface area contributed by atoms with Gasteiger partial charge in [-0.15, -0.1) is 0 Å². The second kappa shape index (κ2) is 9.95. The van der Waals surface area contributed by atoms with Crippen LogP contribution in [0, 0.1) is 0 Å². The number of hydrogen-bond donors (Lipinski definition) is 0. The van der Waals surface area contributed by atoms with Crippen LogP contribution < -0.4 is 14.5 Å². The number of ether oxygens (including phenoxy) is 1. The van der Waals surface area contributed by atoms with Crippen molar-refractivity contribution in [3.8, 4) is 5.75 Å². The van der Waals surface area contributed by atoms with Gasteiger partial charge in [-0.05, 0) is 51.3 Å². The average Bonchev–Trinajstić information content (AvgIpc) is 3.49. The van der Waals surface area contributed by atoms with E-state index in [0.29, 0.717) is 51.0 Å². The molecule has 3 aliphatic rings. The van der Waals surface area contributed by atoms with E-state index >= 15 is 0 Å². The molecule has 1 unspecified atom stereocenters. The van der Waals surface area contributed by atoms with Gasteiger partial charge in [-0.3, -0.25) is 9.59 Å². The second-order valence-corrected chi connectivity index (χ2v) is 10.0. The fraction of sp³-hybridized carbons (Fsp3) is 0.556. The van der Waals surface area contributed by atoms with Crippen molar-refractivity contribution in [3.05, 3.63) is 41.1 Å². The molecular formula is C27H36N6O3. The Hall–Kier alpha value is -3.36. The Kier molecular flexibility index (Phi) is 6.73. The molecule has 1 aromatic heterocycles. The topological polar surface area (TPSA) is 82.1 Å². The Morgan fingerprint density at radius 1 is 1.08 bits per heavy atom. The van der Waals surface area contributed by atoms with Crippen LogP contribution in [0.1, 0.15) is 68.2 Å². The Morgan fingerprint density at radius 2 is 1.81 bits per heavy atom. The van der Waals surface area contributed by atoms with E-state index in [1.165, 1.54) is 5.56 Å². The zero-order chi connectivity index (χ0) is 25.4. The molecule has 0 radical (unpaired) electrons. The zero-order valence-corrected chi connectivity index (χ0v) is 21.7. The molecule has 4 heterocycles. The maximum atomic E-state index is 13.4. The van der Waals surface area contributed by atoms with Crippen LogP contribution in [-0.4, -0.2) is 77.0 Å². The van der Waals surface area contributed by atoms with E-state index in [2.05, 4.69) is 21.9 Å². The molecule has 192 valence electrons. The highest BCUT2D eigenvalue weighted by Gasteiger charge is 2.39. The fourth-order valence-corrected chi connectivity index (χ4v) is 5.50. The lowest BCUT2D eigenvalue weighted by Crippen LogP contribution is -2.48. The maximum Gasteiger partial charge on any atom is 0.273 e. The van der Waals surface area contributed by atoms with E-state index in [1.54, 1.807) is 6.92 Å². The van der Waals surface area contributed by atoms with Gasteiger partial charge in [0.25, 0.3) is 5.91 Å². The number of aromatic nitrogens is 2. The molecular weight excluding hydrogens is 456 g/mol. The van der Waals surface area contributed by atoms with Crippen LogP contribution in [-0.2, 0) is 11.3 Å². The molecule has 9 heteroatoms. The smallest absolute Gasteiger partial charge is 0.273 e. The van der Waals surface area contributed by atoms with Crippen molar-refractivity contribution in [2.45, 2.75) is 59.2 Å². The molecule has 0 saturated carbocycles. The summed E-state index contributed by atoms with van der Waals surface area (Å²) in [7, 11) is 0. The summed E-state index contributed by atoms with van der Waals surface area (Å²) in [5.41, 5.74) is 2.68. The molecule has 2 amide bonds. The first-order valence-electron chi connectivity index (χ1n) is 13.1. The number of amides is 2. The van der Waals surface area contributed by atoms with E-state index in [0.717, 1.165) is 36.5 Å². The van der Waals surface area contributed by atoms with Crippen LogP contribution in [0.5, 0.6) is 5.75 Å². The van der Waals surface area contributed by atoms with Crippen molar-refractivity contribution in [2.75, 3.05) is 49.1 Å². The van der Waals surface area contributed by atoms with Crippen LogP contribution >= 0.6 is 0 Å². The minimum Gasteiger partial charge on any atom is -0.494 e. The van der Waals surface area contributed by atoms with Crippen molar-refractivity contribution in [1.29, 1.82) is 0 Å². The van der Waals surface area contributed by atoms with E-state index in [1.807, 2.05) is 42.7 Å². The number of anilines is 2. The van der Waals surface area contributed by atoms with Gasteiger partial charge in [0.15, 0.2) is 0 Å².